The minimum Gasteiger partial charge on any atom is -0.465 e. The molecule has 1 aromatic heterocycles. The van der Waals surface area contributed by atoms with Crippen LogP contribution in [0.3, 0.4) is 0 Å². The van der Waals surface area contributed by atoms with Crippen LogP contribution in [0.15, 0.2) is 28.7 Å². The Kier molecular flexibility index (Phi) is 5.25. The van der Waals surface area contributed by atoms with Crippen LogP contribution in [0.1, 0.15) is 35.5 Å². The quantitative estimate of drug-likeness (QED) is 0.887. The Morgan fingerprint density at radius 3 is 2.68 bits per heavy atom. The monoisotopic (exact) mass is 349 g/mol. The second-order valence-corrected chi connectivity index (χ2v) is 7.34. The number of hydrogen-bond acceptors (Lipinski definition) is 3. The highest BCUT2D eigenvalue weighted by Gasteiger charge is 2.36. The average molecular weight is 349 g/mol. The topological polar surface area (TPSA) is 36.6 Å². The molecular weight excluding hydrogens is 324 g/mol. The fourth-order valence-corrected chi connectivity index (χ4v) is 3.79. The number of aliphatic hydroxyl groups excluding tert-OH is 1. The van der Waals surface area contributed by atoms with E-state index in [2.05, 4.69) is 4.90 Å². The predicted octanol–water partition coefficient (Wildman–Crippen LogP) is 3.99. The van der Waals surface area contributed by atoms with E-state index in [1.807, 2.05) is 19.9 Å². The molecule has 0 spiro atoms. The molecule has 1 aliphatic heterocycles. The van der Waals surface area contributed by atoms with Crippen LogP contribution in [0.4, 0.5) is 8.78 Å². The number of rotatable bonds is 5. The molecule has 5 heteroatoms. The predicted molar refractivity (Wildman–Crippen MR) is 92.3 cm³/mol. The summed E-state index contributed by atoms with van der Waals surface area (Å²) in [6, 6.07) is 5.72. The molecule has 25 heavy (non-hydrogen) atoms. The van der Waals surface area contributed by atoms with Gasteiger partial charge in [-0.25, -0.2) is 8.78 Å². The molecule has 1 aliphatic rings. The largest absolute Gasteiger partial charge is 0.465 e. The number of hydrogen-bond donors (Lipinski definition) is 1. The van der Waals surface area contributed by atoms with E-state index in [0.29, 0.717) is 25.1 Å². The van der Waals surface area contributed by atoms with Crippen LogP contribution in [0, 0.1) is 30.9 Å². The number of halogens is 2. The molecule has 1 aromatic carbocycles. The van der Waals surface area contributed by atoms with Gasteiger partial charge in [-0.3, -0.25) is 4.90 Å². The molecule has 3 rings (SSSR count). The highest BCUT2D eigenvalue weighted by molar-refractivity contribution is 5.21. The summed E-state index contributed by atoms with van der Waals surface area (Å²) in [5.41, 5.74) is 1.18. The number of aryl methyl sites for hydroxylation is 2. The summed E-state index contributed by atoms with van der Waals surface area (Å²) in [5.74, 6) is 0.723. The molecule has 1 N–H and O–H groups in total. The second kappa shape index (κ2) is 7.26. The van der Waals surface area contributed by atoms with Crippen molar-refractivity contribution in [2.75, 3.05) is 19.7 Å². The smallest absolute Gasteiger partial charge is 0.129 e. The van der Waals surface area contributed by atoms with E-state index in [9.17, 15) is 13.9 Å². The zero-order valence-corrected chi connectivity index (χ0v) is 14.8. The third kappa shape index (κ3) is 4.10. The van der Waals surface area contributed by atoms with Gasteiger partial charge >= 0.3 is 0 Å². The summed E-state index contributed by atoms with van der Waals surface area (Å²) in [5, 5.41) is 10.0. The van der Waals surface area contributed by atoms with Crippen molar-refractivity contribution in [1.82, 2.24) is 4.90 Å². The van der Waals surface area contributed by atoms with E-state index in [1.165, 1.54) is 12.1 Å². The third-order valence-corrected chi connectivity index (χ3v) is 5.25. The van der Waals surface area contributed by atoms with E-state index in [4.69, 9.17) is 4.42 Å². The van der Waals surface area contributed by atoms with Crippen molar-refractivity contribution < 1.29 is 18.3 Å². The summed E-state index contributed by atoms with van der Waals surface area (Å²) >= 11 is 0. The summed E-state index contributed by atoms with van der Waals surface area (Å²) in [6.07, 6.45) is 2.16. The number of likely N-dealkylation sites (tertiary alicyclic amines) is 1. The lowest BCUT2D eigenvalue weighted by atomic mass is 9.75. The molecule has 0 saturated carbocycles. The van der Waals surface area contributed by atoms with Gasteiger partial charge < -0.3 is 9.52 Å². The third-order valence-electron chi connectivity index (χ3n) is 5.25. The van der Waals surface area contributed by atoms with Crippen LogP contribution in [0.2, 0.25) is 0 Å². The highest BCUT2D eigenvalue weighted by Crippen LogP contribution is 2.35. The van der Waals surface area contributed by atoms with Crippen molar-refractivity contribution in [3.05, 3.63) is 58.5 Å². The van der Waals surface area contributed by atoms with Crippen LogP contribution in [0.25, 0.3) is 0 Å². The standard InChI is InChI=1S/C20H25F2NO2/c1-14-8-18(25-15(14)2)11-23-7-3-6-20(12-23,13-24)10-16-4-5-17(21)9-19(16)22/h4-5,8-9,24H,3,6-7,10-13H2,1-2H3. The van der Waals surface area contributed by atoms with Crippen LogP contribution < -0.4 is 0 Å². The van der Waals surface area contributed by atoms with Gasteiger partial charge in [0, 0.05) is 18.0 Å². The van der Waals surface area contributed by atoms with Gasteiger partial charge in [-0.2, -0.15) is 0 Å². The maximum atomic E-state index is 14.1. The normalized spacial score (nSPS) is 21.6. The molecule has 0 aliphatic carbocycles. The van der Waals surface area contributed by atoms with Crippen molar-refractivity contribution >= 4 is 0 Å². The summed E-state index contributed by atoms with van der Waals surface area (Å²) in [7, 11) is 0. The molecule has 0 bridgehead atoms. The first-order valence-corrected chi connectivity index (χ1v) is 8.74. The highest BCUT2D eigenvalue weighted by atomic mass is 19.1. The van der Waals surface area contributed by atoms with Crippen molar-refractivity contribution in [3.8, 4) is 0 Å². The summed E-state index contributed by atoms with van der Waals surface area (Å²) in [4.78, 5) is 2.25. The molecule has 2 heterocycles. The number of piperidine rings is 1. The zero-order valence-electron chi connectivity index (χ0n) is 14.8. The first-order chi connectivity index (χ1) is 11.9. The molecule has 3 nitrogen and oxygen atoms in total. The fourth-order valence-electron chi connectivity index (χ4n) is 3.79. The van der Waals surface area contributed by atoms with Gasteiger partial charge in [-0.1, -0.05) is 6.07 Å². The maximum Gasteiger partial charge on any atom is 0.129 e. The molecule has 1 atom stereocenters. The molecule has 136 valence electrons. The van der Waals surface area contributed by atoms with Crippen LogP contribution in [0.5, 0.6) is 0 Å². The minimum absolute atomic E-state index is 0.0173. The molecular formula is C20H25F2NO2. The molecule has 1 fully saturated rings. The Bertz CT molecular complexity index is 724. The SMILES string of the molecule is Cc1cc(CN2CCCC(CO)(Cc3ccc(F)cc3F)C2)oc1C. The Balaban J connectivity index is 1.74. The molecule has 2 aromatic rings. The Hall–Kier alpha value is -1.72. The lowest BCUT2D eigenvalue weighted by molar-refractivity contribution is 0.0255. The van der Waals surface area contributed by atoms with Gasteiger partial charge in [0.2, 0.25) is 0 Å². The van der Waals surface area contributed by atoms with E-state index in [0.717, 1.165) is 42.5 Å². The van der Waals surface area contributed by atoms with Crippen molar-refractivity contribution in [1.29, 1.82) is 0 Å². The molecule has 1 unspecified atom stereocenters. The lowest BCUT2D eigenvalue weighted by Crippen LogP contribution is -2.46. The van der Waals surface area contributed by atoms with Crippen molar-refractivity contribution in [2.45, 2.75) is 39.7 Å². The number of nitrogens with zero attached hydrogens (tertiary/aromatic N) is 1. The number of furan rings is 1. The van der Waals surface area contributed by atoms with E-state index in [1.54, 1.807) is 0 Å². The van der Waals surface area contributed by atoms with E-state index < -0.39 is 17.0 Å². The average Bonchev–Trinajstić information content (AvgIpc) is 2.88. The zero-order chi connectivity index (χ0) is 18.0. The molecule has 0 amide bonds. The van der Waals surface area contributed by atoms with Crippen LogP contribution in [-0.2, 0) is 13.0 Å². The summed E-state index contributed by atoms with van der Waals surface area (Å²) < 4.78 is 33.0. The maximum absolute atomic E-state index is 14.1. The first kappa shape index (κ1) is 18.1. The lowest BCUT2D eigenvalue weighted by Gasteiger charge is -2.41. The van der Waals surface area contributed by atoms with Gasteiger partial charge in [-0.15, -0.1) is 0 Å². The number of benzene rings is 1. The molecule has 0 radical (unpaired) electrons. The van der Waals surface area contributed by atoms with Crippen molar-refractivity contribution in [3.63, 3.8) is 0 Å². The van der Waals surface area contributed by atoms with Gasteiger partial charge in [0.15, 0.2) is 0 Å². The van der Waals surface area contributed by atoms with Gasteiger partial charge in [0.1, 0.15) is 23.2 Å². The van der Waals surface area contributed by atoms with Crippen LogP contribution >= 0.6 is 0 Å². The van der Waals surface area contributed by atoms with Gasteiger partial charge in [-0.05, 0) is 62.9 Å². The number of aliphatic hydroxyl groups is 1. The Morgan fingerprint density at radius 2 is 2.04 bits per heavy atom. The fraction of sp³-hybridized carbons (Fsp3) is 0.500. The van der Waals surface area contributed by atoms with Crippen molar-refractivity contribution in [2.24, 2.45) is 5.41 Å². The van der Waals surface area contributed by atoms with Gasteiger partial charge in [0.05, 0.1) is 13.2 Å². The van der Waals surface area contributed by atoms with Gasteiger partial charge in [0.25, 0.3) is 0 Å². The second-order valence-electron chi connectivity index (χ2n) is 7.34. The Morgan fingerprint density at radius 1 is 1.24 bits per heavy atom. The molecule has 1 saturated heterocycles. The van der Waals surface area contributed by atoms with E-state index in [-0.39, 0.29) is 6.61 Å². The Labute approximate surface area is 147 Å². The first-order valence-electron chi connectivity index (χ1n) is 8.74. The van der Waals surface area contributed by atoms with E-state index >= 15 is 0 Å². The summed E-state index contributed by atoms with van der Waals surface area (Å²) in [6.45, 7) is 6.22. The minimum atomic E-state index is -0.576. The van der Waals surface area contributed by atoms with Crippen LogP contribution in [-0.4, -0.2) is 29.7 Å².